The summed E-state index contributed by atoms with van der Waals surface area (Å²) in [5, 5.41) is 8.93. The molecule has 0 aliphatic heterocycles. The Balaban J connectivity index is 2.22. The Morgan fingerprint density at radius 1 is 1.50 bits per heavy atom. The average Bonchev–Trinajstić information content (AvgIpc) is 3.04. The van der Waals surface area contributed by atoms with Crippen molar-refractivity contribution in [3.8, 4) is 0 Å². The van der Waals surface area contributed by atoms with E-state index in [1.165, 1.54) is 12.8 Å². The zero-order valence-electron chi connectivity index (χ0n) is 8.97. The molecule has 3 rings (SSSR count). The number of imidazole rings is 1. The zero-order chi connectivity index (χ0) is 11.3. The van der Waals surface area contributed by atoms with Crippen LogP contribution in [0.1, 0.15) is 34.9 Å². The van der Waals surface area contributed by atoms with Gasteiger partial charge >= 0.3 is 5.97 Å². The molecule has 1 aliphatic rings. The fraction of sp³-hybridized carbons (Fsp3) is 0.333. The van der Waals surface area contributed by atoms with Crippen molar-refractivity contribution in [2.24, 2.45) is 7.05 Å². The van der Waals surface area contributed by atoms with Crippen LogP contribution in [0, 0.1) is 0 Å². The van der Waals surface area contributed by atoms with E-state index in [9.17, 15) is 4.79 Å². The van der Waals surface area contributed by atoms with Gasteiger partial charge in [-0.05, 0) is 31.0 Å². The van der Waals surface area contributed by atoms with E-state index in [4.69, 9.17) is 5.11 Å². The number of fused-ring (bicyclic) bond motifs is 1. The number of carbonyl (C=O) groups is 1. The third-order valence-electron chi connectivity index (χ3n) is 3.10. The van der Waals surface area contributed by atoms with Crippen molar-refractivity contribution in [2.75, 3.05) is 0 Å². The lowest BCUT2D eigenvalue weighted by molar-refractivity contribution is 0.0697. The lowest BCUT2D eigenvalue weighted by Crippen LogP contribution is -1.98. The number of carboxylic acids is 1. The van der Waals surface area contributed by atoms with E-state index >= 15 is 0 Å². The number of aryl methyl sites for hydroxylation is 1. The Bertz CT molecular complexity index is 582. The second-order valence-corrected chi connectivity index (χ2v) is 4.31. The summed E-state index contributed by atoms with van der Waals surface area (Å²) >= 11 is 0. The van der Waals surface area contributed by atoms with Gasteiger partial charge in [-0.15, -0.1) is 0 Å². The lowest BCUT2D eigenvalue weighted by atomic mass is 10.2. The Hall–Kier alpha value is -1.84. The van der Waals surface area contributed by atoms with Crippen LogP contribution in [-0.2, 0) is 7.05 Å². The highest BCUT2D eigenvalue weighted by Gasteiger charge is 2.28. The molecule has 1 aliphatic carbocycles. The largest absolute Gasteiger partial charge is 0.478 e. The molecule has 0 radical (unpaired) electrons. The standard InChI is InChI=1S/C12H12N2O2/c1-14-10-6-8(12(15)16)4-5-9(10)13-11(14)7-2-3-7/h4-7H,2-3H2,1H3,(H,15,16). The summed E-state index contributed by atoms with van der Waals surface area (Å²) in [7, 11) is 1.95. The van der Waals surface area contributed by atoms with Crippen LogP contribution < -0.4 is 0 Å². The highest BCUT2D eigenvalue weighted by molar-refractivity contribution is 5.92. The van der Waals surface area contributed by atoms with E-state index in [-0.39, 0.29) is 0 Å². The monoisotopic (exact) mass is 216 g/mol. The van der Waals surface area contributed by atoms with E-state index in [2.05, 4.69) is 4.98 Å². The molecule has 1 fully saturated rings. The molecule has 0 saturated heterocycles. The molecule has 0 spiro atoms. The molecule has 1 aromatic heterocycles. The minimum atomic E-state index is -0.893. The number of aromatic carboxylic acids is 1. The van der Waals surface area contributed by atoms with E-state index in [0.717, 1.165) is 16.9 Å². The first kappa shape index (κ1) is 9.39. The van der Waals surface area contributed by atoms with Gasteiger partial charge in [-0.3, -0.25) is 0 Å². The maximum atomic E-state index is 10.9. The minimum absolute atomic E-state index is 0.317. The van der Waals surface area contributed by atoms with Gasteiger partial charge < -0.3 is 9.67 Å². The molecule has 1 N–H and O–H groups in total. The van der Waals surface area contributed by atoms with Crippen molar-refractivity contribution in [3.63, 3.8) is 0 Å². The summed E-state index contributed by atoms with van der Waals surface area (Å²) in [5.74, 6) is 0.763. The Kier molecular flexibility index (Phi) is 1.80. The third-order valence-corrected chi connectivity index (χ3v) is 3.10. The Labute approximate surface area is 92.5 Å². The second kappa shape index (κ2) is 3.07. The van der Waals surface area contributed by atoms with Crippen molar-refractivity contribution < 1.29 is 9.90 Å². The molecule has 16 heavy (non-hydrogen) atoms. The average molecular weight is 216 g/mol. The third kappa shape index (κ3) is 1.30. The quantitative estimate of drug-likeness (QED) is 0.836. The van der Waals surface area contributed by atoms with Crippen LogP contribution in [0.5, 0.6) is 0 Å². The van der Waals surface area contributed by atoms with E-state index in [1.54, 1.807) is 18.2 Å². The highest BCUT2D eigenvalue weighted by Crippen LogP contribution is 2.40. The van der Waals surface area contributed by atoms with Crippen LogP contribution in [-0.4, -0.2) is 20.6 Å². The number of hydrogen-bond acceptors (Lipinski definition) is 2. The summed E-state index contributed by atoms with van der Waals surface area (Å²) in [6, 6.07) is 5.08. The van der Waals surface area contributed by atoms with Crippen LogP contribution in [0.15, 0.2) is 18.2 Å². The smallest absolute Gasteiger partial charge is 0.335 e. The predicted molar refractivity (Wildman–Crippen MR) is 59.6 cm³/mol. The number of rotatable bonds is 2. The topological polar surface area (TPSA) is 55.1 Å². The molecule has 4 nitrogen and oxygen atoms in total. The summed E-state index contributed by atoms with van der Waals surface area (Å²) in [6.07, 6.45) is 2.39. The lowest BCUT2D eigenvalue weighted by Gasteiger charge is -2.00. The molecule has 2 aromatic rings. The molecule has 0 unspecified atom stereocenters. The SMILES string of the molecule is Cn1c(C2CC2)nc2ccc(C(=O)O)cc21. The summed E-state index contributed by atoms with van der Waals surface area (Å²) in [4.78, 5) is 15.4. The molecule has 82 valence electrons. The van der Waals surface area contributed by atoms with Crippen molar-refractivity contribution in [1.82, 2.24) is 9.55 Å². The fourth-order valence-corrected chi connectivity index (χ4v) is 2.05. The van der Waals surface area contributed by atoms with Gasteiger partial charge in [0.2, 0.25) is 0 Å². The number of hydrogen-bond donors (Lipinski definition) is 1. The van der Waals surface area contributed by atoms with E-state index in [1.807, 2.05) is 11.6 Å². The first-order valence-electron chi connectivity index (χ1n) is 5.36. The molecule has 1 heterocycles. The van der Waals surface area contributed by atoms with Crippen molar-refractivity contribution in [3.05, 3.63) is 29.6 Å². The van der Waals surface area contributed by atoms with Gasteiger partial charge in [0.15, 0.2) is 0 Å². The first-order chi connectivity index (χ1) is 7.66. The van der Waals surface area contributed by atoms with Crippen LogP contribution in [0.2, 0.25) is 0 Å². The van der Waals surface area contributed by atoms with E-state index in [0.29, 0.717) is 11.5 Å². The molecule has 0 atom stereocenters. The second-order valence-electron chi connectivity index (χ2n) is 4.31. The van der Waals surface area contributed by atoms with Crippen LogP contribution >= 0.6 is 0 Å². The maximum Gasteiger partial charge on any atom is 0.335 e. The van der Waals surface area contributed by atoms with Gasteiger partial charge in [0.05, 0.1) is 16.6 Å². The van der Waals surface area contributed by atoms with Crippen molar-refractivity contribution >= 4 is 17.0 Å². The first-order valence-corrected chi connectivity index (χ1v) is 5.36. The molecule has 0 bridgehead atoms. The predicted octanol–water partition coefficient (Wildman–Crippen LogP) is 2.15. The number of benzene rings is 1. The highest BCUT2D eigenvalue weighted by atomic mass is 16.4. The zero-order valence-corrected chi connectivity index (χ0v) is 8.97. The summed E-state index contributed by atoms with van der Waals surface area (Å²) < 4.78 is 2.01. The van der Waals surface area contributed by atoms with Gasteiger partial charge in [-0.1, -0.05) is 0 Å². The van der Waals surface area contributed by atoms with Gasteiger partial charge in [-0.25, -0.2) is 9.78 Å². The van der Waals surface area contributed by atoms with E-state index < -0.39 is 5.97 Å². The molecular weight excluding hydrogens is 204 g/mol. The summed E-state index contributed by atoms with van der Waals surface area (Å²) in [5.41, 5.74) is 2.11. The summed E-state index contributed by atoms with van der Waals surface area (Å²) in [6.45, 7) is 0. The van der Waals surface area contributed by atoms with Crippen LogP contribution in [0.4, 0.5) is 0 Å². The van der Waals surface area contributed by atoms with Crippen molar-refractivity contribution in [2.45, 2.75) is 18.8 Å². The van der Waals surface area contributed by atoms with Gasteiger partial charge in [0, 0.05) is 13.0 Å². The van der Waals surface area contributed by atoms with Gasteiger partial charge in [0.1, 0.15) is 5.82 Å². The number of carboxylic acid groups (broad SMARTS) is 1. The number of aromatic nitrogens is 2. The van der Waals surface area contributed by atoms with Gasteiger partial charge in [-0.2, -0.15) is 0 Å². The minimum Gasteiger partial charge on any atom is -0.478 e. The molecule has 4 heteroatoms. The molecule has 1 aromatic carbocycles. The fourth-order valence-electron chi connectivity index (χ4n) is 2.05. The molecule has 1 saturated carbocycles. The van der Waals surface area contributed by atoms with Crippen molar-refractivity contribution in [1.29, 1.82) is 0 Å². The van der Waals surface area contributed by atoms with Gasteiger partial charge in [0.25, 0.3) is 0 Å². The Morgan fingerprint density at radius 2 is 2.25 bits per heavy atom. The number of nitrogens with zero attached hydrogens (tertiary/aromatic N) is 2. The van der Waals surface area contributed by atoms with Crippen LogP contribution in [0.25, 0.3) is 11.0 Å². The maximum absolute atomic E-state index is 10.9. The molecular formula is C12H12N2O2. The normalized spacial score (nSPS) is 15.6. The van der Waals surface area contributed by atoms with Crippen LogP contribution in [0.3, 0.4) is 0 Å². The molecule has 0 amide bonds. The Morgan fingerprint density at radius 3 is 2.88 bits per heavy atom.